The Morgan fingerprint density at radius 3 is 2.05 bits per heavy atom. The fourth-order valence-electron chi connectivity index (χ4n) is 6.72. The van der Waals surface area contributed by atoms with Crippen molar-refractivity contribution < 1.29 is 9.66 Å². The van der Waals surface area contributed by atoms with Gasteiger partial charge < -0.3 is 9.64 Å². The summed E-state index contributed by atoms with van der Waals surface area (Å²) in [7, 11) is 2.11. The lowest BCUT2D eigenvalue weighted by molar-refractivity contribution is -0.384. The van der Waals surface area contributed by atoms with Gasteiger partial charge in [-0.3, -0.25) is 10.1 Å². The number of para-hydroxylation sites is 1. The number of likely N-dealkylation sites (N-methyl/N-ethyl adjacent to an activating group) is 1. The minimum absolute atomic E-state index is 0.0891. The normalized spacial score (nSPS) is 21.2. The highest BCUT2D eigenvalue weighted by Gasteiger charge is 2.59. The molecule has 212 valence electrons. The summed E-state index contributed by atoms with van der Waals surface area (Å²) in [6.45, 7) is 4.61. The second kappa shape index (κ2) is 13.5. The number of hydrogen-bond donors (Lipinski definition) is 0. The third-order valence-electron chi connectivity index (χ3n) is 9.14. The first kappa shape index (κ1) is 29.2. The van der Waals surface area contributed by atoms with Crippen LogP contribution in [0.4, 0.5) is 11.4 Å². The fraction of sp³-hybridized carbons (Fsp3) is 0.588. The average molecular weight is 533 g/mol. The number of ether oxygens (including phenoxy) is 1. The van der Waals surface area contributed by atoms with E-state index in [1.54, 1.807) is 18.2 Å². The van der Waals surface area contributed by atoms with Crippen molar-refractivity contribution in [3.8, 4) is 5.75 Å². The van der Waals surface area contributed by atoms with E-state index in [0.717, 1.165) is 18.4 Å². The first-order chi connectivity index (χ1) is 18.9. The van der Waals surface area contributed by atoms with Crippen molar-refractivity contribution in [1.82, 2.24) is 0 Å². The number of nitrogens with zero attached hydrogens (tertiary/aromatic N) is 2. The van der Waals surface area contributed by atoms with Crippen molar-refractivity contribution in [3.05, 3.63) is 69.8 Å². The molecule has 2 aliphatic heterocycles. The molecule has 5 nitrogen and oxygen atoms in total. The van der Waals surface area contributed by atoms with E-state index in [-0.39, 0.29) is 16.0 Å². The van der Waals surface area contributed by atoms with Gasteiger partial charge in [0.15, 0.2) is 0 Å². The van der Waals surface area contributed by atoms with E-state index >= 15 is 0 Å². The predicted molar refractivity (Wildman–Crippen MR) is 163 cm³/mol. The van der Waals surface area contributed by atoms with E-state index in [4.69, 9.17) is 4.74 Å². The smallest absolute Gasteiger partial charge is 0.270 e. The zero-order chi connectivity index (χ0) is 27.7. The topological polar surface area (TPSA) is 55.6 Å². The van der Waals surface area contributed by atoms with Gasteiger partial charge in [-0.25, -0.2) is 0 Å². The zero-order valence-corrected chi connectivity index (χ0v) is 24.4. The molecular weight excluding hydrogens is 484 g/mol. The summed E-state index contributed by atoms with van der Waals surface area (Å²) in [6.07, 6.45) is 24.1. The molecule has 5 heteroatoms. The number of fused-ring (bicyclic) bond motifs is 2. The first-order valence-corrected chi connectivity index (χ1v) is 15.4. The Hall–Kier alpha value is -2.82. The quantitative estimate of drug-likeness (QED) is 0.123. The lowest BCUT2D eigenvalue weighted by Crippen LogP contribution is -2.59. The molecule has 0 aliphatic carbocycles. The van der Waals surface area contributed by atoms with Gasteiger partial charge in [0, 0.05) is 30.4 Å². The van der Waals surface area contributed by atoms with Gasteiger partial charge in [0.2, 0.25) is 5.72 Å². The lowest BCUT2D eigenvalue weighted by atomic mass is 9.71. The van der Waals surface area contributed by atoms with Gasteiger partial charge in [-0.1, -0.05) is 115 Å². The van der Waals surface area contributed by atoms with Crippen molar-refractivity contribution in [3.63, 3.8) is 0 Å². The van der Waals surface area contributed by atoms with Crippen LogP contribution in [0.1, 0.15) is 121 Å². The number of nitro benzene ring substituents is 1. The number of hydrogen-bond acceptors (Lipinski definition) is 4. The molecule has 2 aliphatic rings. The number of unbranched alkanes of at least 4 members (excludes halogenated alkanes) is 13. The molecule has 0 bridgehead atoms. The number of benzene rings is 2. The van der Waals surface area contributed by atoms with Gasteiger partial charge in [-0.05, 0) is 43.2 Å². The summed E-state index contributed by atoms with van der Waals surface area (Å²) >= 11 is 0. The third-order valence-corrected chi connectivity index (χ3v) is 9.14. The van der Waals surface area contributed by atoms with Gasteiger partial charge in [-0.15, -0.1) is 0 Å². The van der Waals surface area contributed by atoms with Gasteiger partial charge in [0.25, 0.3) is 5.69 Å². The van der Waals surface area contributed by atoms with Crippen LogP contribution in [0, 0.1) is 10.1 Å². The maximum atomic E-state index is 11.3. The van der Waals surface area contributed by atoms with E-state index in [9.17, 15) is 10.1 Å². The molecule has 0 N–H and O–H groups in total. The largest absolute Gasteiger partial charge is 0.463 e. The van der Waals surface area contributed by atoms with Crippen molar-refractivity contribution in [2.45, 2.75) is 121 Å². The van der Waals surface area contributed by atoms with Crippen LogP contribution in [-0.4, -0.2) is 17.7 Å². The van der Waals surface area contributed by atoms with Crippen LogP contribution in [-0.2, 0) is 5.41 Å². The van der Waals surface area contributed by atoms with Gasteiger partial charge in [-0.2, -0.15) is 0 Å². The lowest BCUT2D eigenvalue weighted by Gasteiger charge is -2.47. The van der Waals surface area contributed by atoms with Crippen LogP contribution < -0.4 is 9.64 Å². The zero-order valence-electron chi connectivity index (χ0n) is 24.4. The number of nitro groups is 1. The number of non-ortho nitro benzene ring substituents is 1. The van der Waals surface area contributed by atoms with Gasteiger partial charge in [0.05, 0.1) is 10.3 Å². The monoisotopic (exact) mass is 532 g/mol. The highest BCUT2D eigenvalue weighted by atomic mass is 16.6. The maximum Gasteiger partial charge on any atom is 0.270 e. The Kier molecular flexibility index (Phi) is 10.1. The van der Waals surface area contributed by atoms with E-state index in [1.807, 2.05) is 6.08 Å². The van der Waals surface area contributed by atoms with Crippen LogP contribution in [0.5, 0.6) is 5.75 Å². The molecule has 2 atom stereocenters. The first-order valence-electron chi connectivity index (χ1n) is 15.4. The van der Waals surface area contributed by atoms with Crippen LogP contribution in [0.2, 0.25) is 0 Å². The number of rotatable bonds is 16. The average Bonchev–Trinajstić information content (AvgIpc) is 3.12. The molecule has 0 aromatic heterocycles. The van der Waals surface area contributed by atoms with Crippen LogP contribution >= 0.6 is 0 Å². The molecule has 0 saturated heterocycles. The maximum absolute atomic E-state index is 11.3. The van der Waals surface area contributed by atoms with E-state index in [1.165, 1.54) is 94.7 Å². The molecule has 2 heterocycles. The minimum atomic E-state index is -0.656. The molecule has 2 aromatic carbocycles. The summed E-state index contributed by atoms with van der Waals surface area (Å²) in [5, 5.41) is 11.3. The molecule has 4 rings (SSSR count). The number of anilines is 1. The molecule has 0 saturated carbocycles. The Morgan fingerprint density at radius 1 is 0.846 bits per heavy atom. The Bertz CT molecular complexity index is 1130. The van der Waals surface area contributed by atoms with Crippen molar-refractivity contribution in [2.75, 3.05) is 11.9 Å². The Labute approximate surface area is 235 Å². The molecular formula is C34H48N2O3. The molecule has 0 amide bonds. The van der Waals surface area contributed by atoms with Crippen LogP contribution in [0.25, 0.3) is 6.08 Å². The third kappa shape index (κ3) is 6.34. The van der Waals surface area contributed by atoms with Crippen molar-refractivity contribution in [2.24, 2.45) is 0 Å². The van der Waals surface area contributed by atoms with E-state index in [0.29, 0.717) is 5.75 Å². The standard InChI is InChI=1S/C34H48N2O3/c1-4-5-6-7-8-9-10-11-12-13-14-15-16-19-25-33(2)30-20-17-18-21-31(30)35(3)34(33)26-24-28-27-29(36(37)38)22-23-32(28)39-34/h17-18,20-24,26-27H,4-16,19,25H2,1-3H3/t33-,34-/m1/s1. The Morgan fingerprint density at radius 2 is 1.44 bits per heavy atom. The second-order valence-corrected chi connectivity index (χ2v) is 11.9. The summed E-state index contributed by atoms with van der Waals surface area (Å²) in [5.74, 6) is 0.704. The second-order valence-electron chi connectivity index (χ2n) is 11.9. The predicted octanol–water partition coefficient (Wildman–Crippen LogP) is 9.98. The van der Waals surface area contributed by atoms with E-state index in [2.05, 4.69) is 56.1 Å². The van der Waals surface area contributed by atoms with Gasteiger partial charge in [0.1, 0.15) is 5.75 Å². The fourth-order valence-corrected chi connectivity index (χ4v) is 6.72. The summed E-state index contributed by atoms with van der Waals surface area (Å²) in [4.78, 5) is 13.2. The van der Waals surface area contributed by atoms with Crippen LogP contribution in [0.15, 0.2) is 48.5 Å². The Balaban J connectivity index is 1.30. The van der Waals surface area contributed by atoms with Gasteiger partial charge >= 0.3 is 0 Å². The van der Waals surface area contributed by atoms with Crippen LogP contribution in [0.3, 0.4) is 0 Å². The molecule has 0 radical (unpaired) electrons. The molecule has 1 spiro atoms. The highest BCUT2D eigenvalue weighted by molar-refractivity contribution is 5.73. The minimum Gasteiger partial charge on any atom is -0.463 e. The molecule has 39 heavy (non-hydrogen) atoms. The molecule has 2 aromatic rings. The summed E-state index contributed by atoms with van der Waals surface area (Å²) in [5.41, 5.74) is 2.48. The molecule has 0 unspecified atom stereocenters. The van der Waals surface area contributed by atoms with E-state index < -0.39 is 5.72 Å². The van der Waals surface area contributed by atoms with Crippen molar-refractivity contribution >= 4 is 17.5 Å². The SMILES string of the molecule is CCCCCCCCCCCCCCCC[C@]1(C)c2ccccc2N(C)[C@@]12C=Cc1cc([N+](=O)[O-])ccc1O2. The van der Waals surface area contributed by atoms with Crippen molar-refractivity contribution in [1.29, 1.82) is 0 Å². The summed E-state index contributed by atoms with van der Waals surface area (Å²) < 4.78 is 6.81. The molecule has 0 fully saturated rings. The highest BCUT2D eigenvalue weighted by Crippen LogP contribution is 2.56. The summed E-state index contributed by atoms with van der Waals surface area (Å²) in [6, 6.07) is 13.5.